The van der Waals surface area contributed by atoms with E-state index in [1.54, 1.807) is 18.2 Å². The Morgan fingerprint density at radius 3 is 2.43 bits per heavy atom. The van der Waals surface area contributed by atoms with Crippen molar-refractivity contribution < 1.29 is 9.59 Å². The molecule has 1 amide bonds. The molecule has 1 aliphatic heterocycles. The monoisotopic (exact) mass is 468 g/mol. The maximum absolute atomic E-state index is 12.9. The molecule has 178 valence electrons. The number of carbonyl (C=O) groups excluding carboxylic acids is 2. The lowest BCUT2D eigenvalue weighted by molar-refractivity contribution is -0.120. The van der Waals surface area contributed by atoms with Gasteiger partial charge < -0.3 is 10.2 Å². The number of aryl methyl sites for hydroxylation is 2. The lowest BCUT2D eigenvalue weighted by Crippen LogP contribution is -2.38. The Bertz CT molecular complexity index is 1400. The number of ketones is 1. The summed E-state index contributed by atoms with van der Waals surface area (Å²) in [6, 6.07) is 17.1. The molecule has 5 rings (SSSR count). The molecule has 4 aromatic rings. The minimum absolute atomic E-state index is 0.0188. The molecule has 0 radical (unpaired) electrons. The van der Waals surface area contributed by atoms with Crippen LogP contribution in [0.3, 0.4) is 0 Å². The van der Waals surface area contributed by atoms with Crippen LogP contribution in [0.25, 0.3) is 16.6 Å². The van der Waals surface area contributed by atoms with Gasteiger partial charge in [-0.3, -0.25) is 9.59 Å². The second-order valence-corrected chi connectivity index (χ2v) is 9.05. The van der Waals surface area contributed by atoms with Crippen LogP contribution in [0.5, 0.6) is 0 Å². The molecule has 0 aliphatic carbocycles. The number of nitrogens with one attached hydrogen (secondary N) is 1. The molecule has 2 aromatic heterocycles. The number of para-hydroxylation sites is 1. The fourth-order valence-corrected chi connectivity index (χ4v) is 4.76. The molecule has 0 spiro atoms. The van der Waals surface area contributed by atoms with Crippen molar-refractivity contribution in [2.24, 2.45) is 5.92 Å². The Morgan fingerprint density at radius 2 is 1.71 bits per heavy atom. The van der Waals surface area contributed by atoms with Crippen molar-refractivity contribution in [3.63, 3.8) is 0 Å². The lowest BCUT2D eigenvalue weighted by Gasteiger charge is -2.32. The number of piperidine rings is 1. The number of anilines is 2. The maximum Gasteiger partial charge on any atom is 0.227 e. The smallest absolute Gasteiger partial charge is 0.227 e. The van der Waals surface area contributed by atoms with Crippen LogP contribution in [-0.4, -0.2) is 44.8 Å². The first kappa shape index (κ1) is 22.7. The van der Waals surface area contributed by atoms with Gasteiger partial charge in [0.2, 0.25) is 5.91 Å². The van der Waals surface area contributed by atoms with Gasteiger partial charge in [0.1, 0.15) is 5.52 Å². The van der Waals surface area contributed by atoms with Gasteiger partial charge in [0.15, 0.2) is 11.6 Å². The van der Waals surface area contributed by atoms with E-state index in [1.165, 1.54) is 6.92 Å². The van der Waals surface area contributed by atoms with Crippen LogP contribution < -0.4 is 10.2 Å². The van der Waals surface area contributed by atoms with Crippen molar-refractivity contribution in [1.82, 2.24) is 20.0 Å². The highest BCUT2D eigenvalue weighted by atomic mass is 16.2. The van der Waals surface area contributed by atoms with E-state index in [1.807, 2.05) is 48.0 Å². The van der Waals surface area contributed by atoms with Crippen LogP contribution in [0.15, 0.2) is 54.6 Å². The molecule has 35 heavy (non-hydrogen) atoms. The largest absolute Gasteiger partial charge is 0.353 e. The first-order valence-corrected chi connectivity index (χ1v) is 11.9. The van der Waals surface area contributed by atoms with E-state index in [-0.39, 0.29) is 17.6 Å². The van der Waals surface area contributed by atoms with E-state index in [0.29, 0.717) is 37.2 Å². The molecule has 0 unspecified atom stereocenters. The highest BCUT2D eigenvalue weighted by Crippen LogP contribution is 2.31. The fraction of sp³-hybridized carbons (Fsp3) is 0.296. The average molecular weight is 469 g/mol. The Labute approximate surface area is 204 Å². The summed E-state index contributed by atoms with van der Waals surface area (Å²) in [6.45, 7) is 6.91. The molecule has 1 fully saturated rings. The molecule has 2 aromatic carbocycles. The Kier molecular flexibility index (Phi) is 6.03. The number of carbonyl (C=O) groups is 2. The fourth-order valence-electron chi connectivity index (χ4n) is 4.76. The summed E-state index contributed by atoms with van der Waals surface area (Å²) in [5, 5.41) is 17.8. The van der Waals surface area contributed by atoms with Gasteiger partial charge in [-0.05, 0) is 57.9 Å². The molecule has 0 atom stereocenters. The van der Waals surface area contributed by atoms with Gasteiger partial charge in [-0.1, -0.05) is 30.3 Å². The average Bonchev–Trinajstić information content (AvgIpc) is 3.23. The van der Waals surface area contributed by atoms with Gasteiger partial charge >= 0.3 is 0 Å². The van der Waals surface area contributed by atoms with Gasteiger partial charge in [-0.25, -0.2) is 4.68 Å². The summed E-state index contributed by atoms with van der Waals surface area (Å²) >= 11 is 0. The second-order valence-electron chi connectivity index (χ2n) is 9.05. The predicted molar refractivity (Wildman–Crippen MR) is 136 cm³/mol. The predicted octanol–water partition coefficient (Wildman–Crippen LogP) is 4.49. The van der Waals surface area contributed by atoms with Gasteiger partial charge in [0.05, 0.1) is 22.5 Å². The van der Waals surface area contributed by atoms with E-state index in [2.05, 4.69) is 27.3 Å². The van der Waals surface area contributed by atoms with Crippen LogP contribution >= 0.6 is 0 Å². The van der Waals surface area contributed by atoms with Crippen molar-refractivity contribution >= 4 is 34.1 Å². The summed E-state index contributed by atoms with van der Waals surface area (Å²) in [4.78, 5) is 26.7. The SMILES string of the molecule is CC(=O)c1cccc(NC(=O)C2CCN(c3nnc(C)c4c(C)n(-c5ccccc5)nc34)CC2)c1. The van der Waals surface area contributed by atoms with Crippen LogP contribution in [-0.2, 0) is 4.79 Å². The number of amides is 1. The van der Waals surface area contributed by atoms with E-state index < -0.39 is 0 Å². The Hall–Kier alpha value is -4.07. The van der Waals surface area contributed by atoms with Crippen LogP contribution in [0.4, 0.5) is 11.5 Å². The second kappa shape index (κ2) is 9.29. The summed E-state index contributed by atoms with van der Waals surface area (Å²) in [7, 11) is 0. The number of nitrogens with zero attached hydrogens (tertiary/aromatic N) is 5. The van der Waals surface area contributed by atoms with E-state index in [0.717, 1.165) is 33.8 Å². The van der Waals surface area contributed by atoms with Crippen molar-refractivity contribution in [3.8, 4) is 5.69 Å². The van der Waals surface area contributed by atoms with E-state index in [4.69, 9.17) is 5.10 Å². The minimum atomic E-state index is -0.107. The molecular formula is C27H28N6O2. The summed E-state index contributed by atoms with van der Waals surface area (Å²) in [6.07, 6.45) is 1.40. The quantitative estimate of drug-likeness (QED) is 0.434. The van der Waals surface area contributed by atoms with Crippen molar-refractivity contribution in [1.29, 1.82) is 0 Å². The zero-order valence-corrected chi connectivity index (χ0v) is 20.2. The van der Waals surface area contributed by atoms with E-state index >= 15 is 0 Å². The molecule has 1 N–H and O–H groups in total. The molecule has 3 heterocycles. The molecule has 0 bridgehead atoms. The third-order valence-electron chi connectivity index (χ3n) is 6.69. The lowest BCUT2D eigenvalue weighted by atomic mass is 9.95. The Morgan fingerprint density at radius 1 is 0.971 bits per heavy atom. The van der Waals surface area contributed by atoms with Gasteiger partial charge in [-0.15, -0.1) is 5.10 Å². The molecule has 1 aliphatic rings. The third-order valence-corrected chi connectivity index (χ3v) is 6.69. The van der Waals surface area contributed by atoms with Crippen molar-refractivity contribution in [3.05, 3.63) is 71.5 Å². The van der Waals surface area contributed by atoms with Gasteiger partial charge in [0.25, 0.3) is 0 Å². The number of aromatic nitrogens is 4. The summed E-state index contributed by atoms with van der Waals surface area (Å²) in [5.41, 5.74) is 4.95. The Balaban J connectivity index is 1.34. The number of hydrogen-bond acceptors (Lipinski definition) is 6. The molecular weight excluding hydrogens is 440 g/mol. The number of rotatable bonds is 5. The zero-order chi connectivity index (χ0) is 24.5. The van der Waals surface area contributed by atoms with Gasteiger partial charge in [-0.2, -0.15) is 10.2 Å². The first-order chi connectivity index (χ1) is 16.9. The standard InChI is InChI=1S/C27H28N6O2/c1-17-24-18(2)33(23-10-5-4-6-11-23)31-25(24)26(30-29-17)32-14-12-20(13-15-32)27(35)28-22-9-7-8-21(16-22)19(3)34/h4-11,16,20H,12-15H2,1-3H3,(H,28,35). The van der Waals surface area contributed by atoms with Crippen molar-refractivity contribution in [2.75, 3.05) is 23.3 Å². The number of Topliss-reactive ketones (excluding diaryl/α,β-unsaturated/α-hetero) is 1. The number of benzene rings is 2. The zero-order valence-electron chi connectivity index (χ0n) is 20.2. The minimum Gasteiger partial charge on any atom is -0.353 e. The normalized spacial score (nSPS) is 14.3. The van der Waals surface area contributed by atoms with Crippen molar-refractivity contribution in [2.45, 2.75) is 33.6 Å². The first-order valence-electron chi connectivity index (χ1n) is 11.9. The number of fused-ring (bicyclic) bond motifs is 1. The molecule has 8 heteroatoms. The number of hydrogen-bond donors (Lipinski definition) is 1. The third kappa shape index (κ3) is 4.39. The highest BCUT2D eigenvalue weighted by Gasteiger charge is 2.28. The summed E-state index contributed by atoms with van der Waals surface area (Å²) < 4.78 is 1.94. The van der Waals surface area contributed by atoms with Crippen LogP contribution in [0.2, 0.25) is 0 Å². The van der Waals surface area contributed by atoms with E-state index in [9.17, 15) is 9.59 Å². The molecule has 1 saturated heterocycles. The van der Waals surface area contributed by atoms with Crippen LogP contribution in [0.1, 0.15) is 41.5 Å². The highest BCUT2D eigenvalue weighted by molar-refractivity contribution is 5.98. The maximum atomic E-state index is 12.9. The topological polar surface area (TPSA) is 93.0 Å². The summed E-state index contributed by atoms with van der Waals surface area (Å²) in [5.74, 6) is 0.612. The molecule has 8 nitrogen and oxygen atoms in total. The van der Waals surface area contributed by atoms with Gasteiger partial charge in [0, 0.05) is 30.3 Å². The molecule has 0 saturated carbocycles. The van der Waals surface area contributed by atoms with Crippen LogP contribution in [0, 0.1) is 19.8 Å².